The van der Waals surface area contributed by atoms with Gasteiger partial charge in [-0.05, 0) is 42.0 Å². The second-order valence-corrected chi connectivity index (χ2v) is 12.9. The molecule has 0 amide bonds. The number of rotatable bonds is 10. The molecule has 11 unspecified atom stereocenters. The Kier molecular flexibility index (Phi) is 11.6. The van der Waals surface area contributed by atoms with Gasteiger partial charge in [-0.1, -0.05) is 6.07 Å². The van der Waals surface area contributed by atoms with E-state index in [0.717, 1.165) is 18.2 Å². The lowest BCUT2D eigenvalue weighted by atomic mass is 9.97. The number of fused-ring (bicyclic) bond motifs is 1. The van der Waals surface area contributed by atoms with E-state index >= 15 is 0 Å². The highest BCUT2D eigenvalue weighted by Crippen LogP contribution is 2.46. The fourth-order valence-electron chi connectivity index (χ4n) is 6.11. The second-order valence-electron chi connectivity index (χ2n) is 12.9. The summed E-state index contributed by atoms with van der Waals surface area (Å²) in [6.45, 7) is -1.52. The first kappa shape index (κ1) is 39.3. The van der Waals surface area contributed by atoms with Crippen LogP contribution in [0.15, 0.2) is 60.4 Å². The van der Waals surface area contributed by atoms with Crippen LogP contribution in [0.25, 0.3) is 12.2 Å². The first-order chi connectivity index (χ1) is 26.1. The highest BCUT2D eigenvalue weighted by molar-refractivity contribution is 5.87. The van der Waals surface area contributed by atoms with Crippen molar-refractivity contribution >= 4 is 18.1 Å². The molecule has 3 aliphatic heterocycles. The van der Waals surface area contributed by atoms with Crippen molar-refractivity contribution < 1.29 is 94.5 Å². The number of hydrogen-bond acceptors (Lipinski definition) is 18. The Morgan fingerprint density at radius 1 is 0.727 bits per heavy atom. The summed E-state index contributed by atoms with van der Waals surface area (Å²) in [6, 6.07) is 9.75. The van der Waals surface area contributed by atoms with E-state index in [-0.39, 0.29) is 34.1 Å². The van der Waals surface area contributed by atoms with E-state index in [1.807, 2.05) is 0 Å². The number of aromatic hydroxyl groups is 7. The maximum atomic E-state index is 12.6. The SMILES string of the molecule is O=C(C=Cc1ccc(O)c(O)c1)OCC1OC(OC2=Cc3c(O)cc(O)cc3[OH+]C2c2ccc(O)c(O)c2)C(OC2OC(CO)C(O)C(O)C2O)C(O)C1O. The molecule has 296 valence electrons. The minimum Gasteiger partial charge on any atom is -0.571 e. The number of aliphatic hydroxyl groups is 7. The normalized spacial score (nSPS) is 30.6. The average Bonchev–Trinajstić information content (AvgIpc) is 3.15. The fourth-order valence-corrected chi connectivity index (χ4v) is 6.11. The Balaban J connectivity index is 1.31. The van der Waals surface area contributed by atoms with Crippen molar-refractivity contribution in [2.24, 2.45) is 0 Å². The molecule has 0 radical (unpaired) electrons. The summed E-state index contributed by atoms with van der Waals surface area (Å²) in [7, 11) is 0. The number of carbonyl (C=O) groups excluding carboxylic acids is 1. The van der Waals surface area contributed by atoms with Crippen LogP contribution in [0.5, 0.6) is 40.2 Å². The molecule has 3 aromatic rings. The number of phenolic OH excluding ortho intramolecular Hbond substituents is 6. The number of hydrogen-bond donors (Lipinski definition) is 12. The van der Waals surface area contributed by atoms with Crippen molar-refractivity contribution in [1.82, 2.24) is 0 Å². The molecule has 13 N–H and O–H groups in total. The molecular weight excluding hydrogens is 736 g/mol. The van der Waals surface area contributed by atoms with Crippen LogP contribution in [0.4, 0.5) is 0 Å². The van der Waals surface area contributed by atoms with Gasteiger partial charge in [-0.25, -0.2) is 4.79 Å². The van der Waals surface area contributed by atoms with Crippen LogP contribution in [0.2, 0.25) is 0 Å². The third-order valence-corrected chi connectivity index (χ3v) is 9.10. The Bertz CT molecular complexity index is 1930. The summed E-state index contributed by atoms with van der Waals surface area (Å²) in [6.07, 6.45) is -15.7. The minimum absolute atomic E-state index is 0.0501. The molecule has 0 aliphatic carbocycles. The van der Waals surface area contributed by atoms with Crippen LogP contribution in [-0.4, -0.2) is 147 Å². The lowest BCUT2D eigenvalue weighted by Crippen LogP contribution is -2.64. The molecule has 3 aliphatic rings. The third kappa shape index (κ3) is 8.34. The van der Waals surface area contributed by atoms with E-state index < -0.39 is 110 Å². The summed E-state index contributed by atoms with van der Waals surface area (Å²) in [5, 5.41) is 124. The molecule has 6 rings (SSSR count). The second kappa shape index (κ2) is 16.2. The van der Waals surface area contributed by atoms with Gasteiger partial charge in [0.1, 0.15) is 66.4 Å². The van der Waals surface area contributed by atoms with Crippen LogP contribution >= 0.6 is 0 Å². The quantitative estimate of drug-likeness (QED) is 0.0517. The van der Waals surface area contributed by atoms with Crippen LogP contribution in [0.1, 0.15) is 22.8 Å². The van der Waals surface area contributed by atoms with Crippen molar-refractivity contribution in [1.29, 1.82) is 0 Å². The minimum atomic E-state index is -1.99. The number of phenols is 6. The molecule has 2 saturated heterocycles. The van der Waals surface area contributed by atoms with Gasteiger partial charge in [0, 0.05) is 18.2 Å². The topological polar surface area (TPSA) is 319 Å². The molecule has 2 fully saturated rings. The molecule has 11 atom stereocenters. The zero-order chi connectivity index (χ0) is 39.7. The monoisotopic (exact) mass is 775 g/mol. The van der Waals surface area contributed by atoms with Gasteiger partial charge < -0.3 is 89.7 Å². The summed E-state index contributed by atoms with van der Waals surface area (Å²) in [5.74, 6) is -3.61. The van der Waals surface area contributed by atoms with Crippen molar-refractivity contribution in [3.8, 4) is 40.2 Å². The molecule has 3 aromatic carbocycles. The molecule has 19 nitrogen and oxygen atoms in total. The van der Waals surface area contributed by atoms with Crippen molar-refractivity contribution in [3.05, 3.63) is 77.1 Å². The van der Waals surface area contributed by atoms with Gasteiger partial charge in [-0.3, -0.25) is 0 Å². The van der Waals surface area contributed by atoms with E-state index in [1.165, 1.54) is 48.6 Å². The molecule has 55 heavy (non-hydrogen) atoms. The van der Waals surface area contributed by atoms with Crippen LogP contribution in [-0.2, 0) is 28.5 Å². The Morgan fingerprint density at radius 2 is 1.40 bits per heavy atom. The largest absolute Gasteiger partial charge is 0.571 e. The van der Waals surface area contributed by atoms with Gasteiger partial charge in [0.2, 0.25) is 6.29 Å². The molecular formula is C36H39O19+. The number of esters is 1. The third-order valence-electron chi connectivity index (χ3n) is 9.10. The van der Waals surface area contributed by atoms with Gasteiger partial charge in [0.15, 0.2) is 41.2 Å². The maximum absolute atomic E-state index is 12.6. The standard InChI is InChI=1S/C36H38O19/c37-12-25-28(45)30(47)32(49)35(53-25)55-34-31(48)29(46)26(13-50-27(44)6-2-14-1-4-18(39)21(42)7-14)54-36(34)52-24-11-17-20(41)9-16(38)10-23(17)51-33(24)15-3-5-19(40)22(43)8-15/h1-11,25-26,28-43,45-49H,12-13H2/p+1. The first-order valence-electron chi connectivity index (χ1n) is 16.7. The van der Waals surface area contributed by atoms with Crippen LogP contribution in [0.3, 0.4) is 0 Å². The zero-order valence-corrected chi connectivity index (χ0v) is 28.4. The molecule has 0 spiro atoms. The van der Waals surface area contributed by atoms with Gasteiger partial charge in [0.25, 0.3) is 11.9 Å². The van der Waals surface area contributed by atoms with Gasteiger partial charge in [0.05, 0.1) is 18.2 Å². The summed E-state index contributed by atoms with van der Waals surface area (Å²) in [4.78, 5) is 12.6. The Morgan fingerprint density at radius 3 is 2.09 bits per heavy atom. The summed E-state index contributed by atoms with van der Waals surface area (Å²) >= 11 is 0. The van der Waals surface area contributed by atoms with E-state index in [9.17, 15) is 66.1 Å². The molecule has 3 heterocycles. The highest BCUT2D eigenvalue weighted by Gasteiger charge is 2.52. The van der Waals surface area contributed by atoms with Crippen LogP contribution in [0, 0.1) is 0 Å². The van der Waals surface area contributed by atoms with Crippen molar-refractivity contribution in [2.45, 2.75) is 67.5 Å². The summed E-state index contributed by atoms with van der Waals surface area (Å²) < 4.78 is 33.2. The smallest absolute Gasteiger partial charge is 0.330 e. The van der Waals surface area contributed by atoms with Gasteiger partial charge in [-0.15, -0.1) is 0 Å². The van der Waals surface area contributed by atoms with Crippen molar-refractivity contribution in [3.63, 3.8) is 0 Å². The number of ether oxygens (including phenoxy) is 6. The highest BCUT2D eigenvalue weighted by atomic mass is 16.8. The van der Waals surface area contributed by atoms with E-state index in [4.69, 9.17) is 23.7 Å². The molecule has 0 saturated carbocycles. The fraction of sp³-hybridized carbons (Fsp3) is 0.361. The van der Waals surface area contributed by atoms with Gasteiger partial charge in [-0.2, -0.15) is 0 Å². The maximum Gasteiger partial charge on any atom is 0.330 e. The van der Waals surface area contributed by atoms with Crippen LogP contribution < -0.4 is 0 Å². The lowest BCUT2D eigenvalue weighted by Gasteiger charge is -2.46. The van der Waals surface area contributed by atoms with Gasteiger partial charge >= 0.3 is 5.97 Å². The molecule has 19 heteroatoms. The van der Waals surface area contributed by atoms with Crippen molar-refractivity contribution in [2.75, 3.05) is 13.2 Å². The number of benzene rings is 3. The predicted octanol–water partition coefficient (Wildman–Crippen LogP) is -0.838. The average molecular weight is 776 g/mol. The zero-order valence-electron chi connectivity index (χ0n) is 28.4. The lowest BCUT2D eigenvalue weighted by molar-refractivity contribution is -0.364. The Labute approximate surface area is 310 Å². The van der Waals surface area contributed by atoms with E-state index in [0.29, 0.717) is 5.56 Å². The first-order valence-corrected chi connectivity index (χ1v) is 16.7. The Hall–Kier alpha value is -5.35. The molecule has 0 aromatic heterocycles. The number of carbonyl (C=O) groups is 1. The number of aliphatic hydroxyl groups excluding tert-OH is 6. The molecule has 0 bridgehead atoms. The van der Waals surface area contributed by atoms with E-state index in [2.05, 4.69) is 4.74 Å². The van der Waals surface area contributed by atoms with E-state index in [1.54, 1.807) is 0 Å². The predicted molar refractivity (Wildman–Crippen MR) is 182 cm³/mol. The summed E-state index contributed by atoms with van der Waals surface area (Å²) in [5.41, 5.74) is 0.579.